The minimum Gasteiger partial charge on any atom is -0.339 e. The van der Waals surface area contributed by atoms with Crippen molar-refractivity contribution >= 4 is 40.7 Å². The smallest absolute Gasteiger partial charge is 0.254 e. The standard InChI is InChI=1S/C20H19Cl2N3O2/c21-17-11-15(12-18(22)23-17)19(26)24-8-5-14(6-9-24)20(27)25-10-7-13-3-1-2-4-16(13)25/h1-4,11-12,14H,5-10H2. The summed E-state index contributed by atoms with van der Waals surface area (Å²) >= 11 is 11.8. The Morgan fingerprint density at radius 2 is 1.67 bits per heavy atom. The van der Waals surface area contributed by atoms with Gasteiger partial charge in [0.1, 0.15) is 10.3 Å². The number of halogens is 2. The summed E-state index contributed by atoms with van der Waals surface area (Å²) in [6, 6.07) is 11.1. The molecular formula is C20H19Cl2N3O2. The highest BCUT2D eigenvalue weighted by Gasteiger charge is 2.33. The van der Waals surface area contributed by atoms with Gasteiger partial charge in [-0.2, -0.15) is 0 Å². The number of amides is 2. The Balaban J connectivity index is 1.40. The molecule has 1 aromatic carbocycles. The summed E-state index contributed by atoms with van der Waals surface area (Å²) in [4.78, 5) is 33.2. The van der Waals surface area contributed by atoms with Gasteiger partial charge in [0.2, 0.25) is 5.91 Å². The number of aromatic nitrogens is 1. The molecule has 4 rings (SSSR count). The minimum absolute atomic E-state index is 0.0511. The molecule has 0 spiro atoms. The molecule has 27 heavy (non-hydrogen) atoms. The third-order valence-electron chi connectivity index (χ3n) is 5.29. The molecule has 0 atom stereocenters. The summed E-state index contributed by atoms with van der Waals surface area (Å²) in [5, 5.41) is 0.396. The van der Waals surface area contributed by atoms with Crippen LogP contribution in [-0.4, -0.2) is 41.3 Å². The summed E-state index contributed by atoms with van der Waals surface area (Å²) < 4.78 is 0. The molecule has 140 valence electrons. The van der Waals surface area contributed by atoms with Crippen LogP contribution in [0.3, 0.4) is 0 Å². The van der Waals surface area contributed by atoms with Crippen molar-refractivity contribution in [2.24, 2.45) is 5.92 Å². The molecule has 2 aliphatic heterocycles. The number of likely N-dealkylation sites (tertiary alicyclic amines) is 1. The molecule has 2 aromatic rings. The van der Waals surface area contributed by atoms with Crippen molar-refractivity contribution in [3.8, 4) is 0 Å². The molecule has 5 nitrogen and oxygen atoms in total. The normalized spacial score (nSPS) is 17.1. The van der Waals surface area contributed by atoms with Crippen LogP contribution in [0.2, 0.25) is 10.3 Å². The van der Waals surface area contributed by atoms with Crippen molar-refractivity contribution in [2.45, 2.75) is 19.3 Å². The number of nitrogens with zero attached hydrogens (tertiary/aromatic N) is 3. The average molecular weight is 404 g/mol. The number of carbonyl (C=O) groups excluding carboxylic acids is 2. The minimum atomic E-state index is -0.126. The van der Waals surface area contributed by atoms with Gasteiger partial charge in [-0.15, -0.1) is 0 Å². The molecule has 0 radical (unpaired) electrons. The summed E-state index contributed by atoms with van der Waals surface area (Å²) in [6.07, 6.45) is 2.23. The van der Waals surface area contributed by atoms with Crippen molar-refractivity contribution in [2.75, 3.05) is 24.5 Å². The zero-order chi connectivity index (χ0) is 19.0. The quantitative estimate of drug-likeness (QED) is 0.715. The SMILES string of the molecule is O=C(c1cc(Cl)nc(Cl)c1)N1CCC(C(=O)N2CCc3ccccc32)CC1. The summed E-state index contributed by atoms with van der Waals surface area (Å²) in [5.74, 6) is -0.00881. The Morgan fingerprint density at radius 1 is 1.00 bits per heavy atom. The fourth-order valence-electron chi connectivity index (χ4n) is 3.89. The molecule has 0 aliphatic carbocycles. The van der Waals surface area contributed by atoms with Crippen molar-refractivity contribution < 1.29 is 9.59 Å². The number of fused-ring (bicyclic) bond motifs is 1. The number of hydrogen-bond donors (Lipinski definition) is 0. The van der Waals surface area contributed by atoms with E-state index in [-0.39, 0.29) is 28.0 Å². The predicted molar refractivity (Wildman–Crippen MR) is 105 cm³/mol. The van der Waals surface area contributed by atoms with E-state index < -0.39 is 0 Å². The molecule has 0 saturated carbocycles. The molecule has 2 aliphatic rings. The van der Waals surface area contributed by atoms with Gasteiger partial charge in [-0.25, -0.2) is 4.98 Å². The predicted octanol–water partition coefficient (Wildman–Crippen LogP) is 3.83. The van der Waals surface area contributed by atoms with Crippen LogP contribution >= 0.6 is 23.2 Å². The Kier molecular flexibility index (Phi) is 5.06. The number of benzene rings is 1. The van der Waals surface area contributed by atoms with E-state index in [1.54, 1.807) is 4.90 Å². The van der Waals surface area contributed by atoms with Crippen LogP contribution < -0.4 is 4.90 Å². The monoisotopic (exact) mass is 403 g/mol. The molecule has 0 unspecified atom stereocenters. The first-order chi connectivity index (χ1) is 13.0. The first-order valence-electron chi connectivity index (χ1n) is 9.04. The highest BCUT2D eigenvalue weighted by Crippen LogP contribution is 2.31. The first kappa shape index (κ1) is 18.3. The summed E-state index contributed by atoms with van der Waals surface area (Å²) in [5.41, 5.74) is 2.69. The van der Waals surface area contributed by atoms with Gasteiger partial charge in [0.05, 0.1) is 0 Å². The number of piperidine rings is 1. The summed E-state index contributed by atoms with van der Waals surface area (Å²) in [6.45, 7) is 1.83. The van der Waals surface area contributed by atoms with Crippen LogP contribution in [-0.2, 0) is 11.2 Å². The number of para-hydroxylation sites is 1. The third-order valence-corrected chi connectivity index (χ3v) is 5.68. The zero-order valence-electron chi connectivity index (χ0n) is 14.7. The van der Waals surface area contributed by atoms with E-state index in [1.807, 2.05) is 23.1 Å². The second-order valence-electron chi connectivity index (χ2n) is 6.94. The van der Waals surface area contributed by atoms with Gasteiger partial charge in [0, 0.05) is 36.8 Å². The summed E-state index contributed by atoms with van der Waals surface area (Å²) in [7, 11) is 0. The van der Waals surface area contributed by atoms with E-state index in [4.69, 9.17) is 23.2 Å². The number of carbonyl (C=O) groups is 2. The second-order valence-corrected chi connectivity index (χ2v) is 7.71. The van der Waals surface area contributed by atoms with Crippen LogP contribution in [0.15, 0.2) is 36.4 Å². The van der Waals surface area contributed by atoms with Crippen molar-refractivity contribution in [3.63, 3.8) is 0 Å². The van der Waals surface area contributed by atoms with E-state index in [0.29, 0.717) is 31.5 Å². The average Bonchev–Trinajstić information content (AvgIpc) is 3.10. The Labute approximate surface area is 167 Å². The molecular weight excluding hydrogens is 385 g/mol. The lowest BCUT2D eigenvalue weighted by molar-refractivity contribution is -0.123. The Hall–Kier alpha value is -2.11. The molecule has 0 bridgehead atoms. The maximum atomic E-state index is 13.0. The van der Waals surface area contributed by atoms with Crippen LogP contribution in [0.25, 0.3) is 0 Å². The van der Waals surface area contributed by atoms with Gasteiger partial charge in [-0.3, -0.25) is 9.59 Å². The molecule has 0 N–H and O–H groups in total. The van der Waals surface area contributed by atoms with Gasteiger partial charge in [0.25, 0.3) is 5.91 Å². The topological polar surface area (TPSA) is 53.5 Å². The number of hydrogen-bond acceptors (Lipinski definition) is 3. The Bertz CT molecular complexity index is 874. The zero-order valence-corrected chi connectivity index (χ0v) is 16.2. The van der Waals surface area contributed by atoms with E-state index in [9.17, 15) is 9.59 Å². The molecule has 1 fully saturated rings. The van der Waals surface area contributed by atoms with Gasteiger partial charge in [0.15, 0.2) is 0 Å². The maximum absolute atomic E-state index is 13.0. The molecule has 2 amide bonds. The molecule has 1 aromatic heterocycles. The van der Waals surface area contributed by atoms with Crippen molar-refractivity contribution in [1.82, 2.24) is 9.88 Å². The lowest BCUT2D eigenvalue weighted by atomic mass is 9.94. The largest absolute Gasteiger partial charge is 0.339 e. The maximum Gasteiger partial charge on any atom is 0.254 e. The molecule has 3 heterocycles. The van der Waals surface area contributed by atoms with Crippen LogP contribution in [0.1, 0.15) is 28.8 Å². The second kappa shape index (κ2) is 7.49. The van der Waals surface area contributed by atoms with Crippen LogP contribution in [0, 0.1) is 5.92 Å². The van der Waals surface area contributed by atoms with E-state index in [1.165, 1.54) is 17.7 Å². The highest BCUT2D eigenvalue weighted by molar-refractivity contribution is 6.33. The van der Waals surface area contributed by atoms with Gasteiger partial charge < -0.3 is 9.80 Å². The van der Waals surface area contributed by atoms with Gasteiger partial charge in [-0.1, -0.05) is 41.4 Å². The molecule has 7 heteroatoms. The van der Waals surface area contributed by atoms with E-state index in [2.05, 4.69) is 11.1 Å². The van der Waals surface area contributed by atoms with Crippen LogP contribution in [0.5, 0.6) is 0 Å². The number of rotatable bonds is 2. The number of anilines is 1. The van der Waals surface area contributed by atoms with E-state index >= 15 is 0 Å². The molecule has 1 saturated heterocycles. The van der Waals surface area contributed by atoms with Crippen molar-refractivity contribution in [1.29, 1.82) is 0 Å². The third kappa shape index (κ3) is 3.66. The van der Waals surface area contributed by atoms with Gasteiger partial charge in [-0.05, 0) is 43.0 Å². The van der Waals surface area contributed by atoms with Crippen molar-refractivity contribution in [3.05, 3.63) is 57.8 Å². The van der Waals surface area contributed by atoms with Crippen LogP contribution in [0.4, 0.5) is 5.69 Å². The first-order valence-corrected chi connectivity index (χ1v) is 9.80. The number of pyridine rings is 1. The fourth-order valence-corrected chi connectivity index (χ4v) is 4.35. The highest BCUT2D eigenvalue weighted by atomic mass is 35.5. The Morgan fingerprint density at radius 3 is 2.37 bits per heavy atom. The van der Waals surface area contributed by atoms with E-state index in [0.717, 1.165) is 18.7 Å². The van der Waals surface area contributed by atoms with Gasteiger partial charge >= 0.3 is 0 Å². The lowest BCUT2D eigenvalue weighted by Gasteiger charge is -2.33. The lowest BCUT2D eigenvalue weighted by Crippen LogP contribution is -2.44. The fraction of sp³-hybridized carbons (Fsp3) is 0.350.